The smallest absolute Gasteiger partial charge is 0.0797 e. The van der Waals surface area contributed by atoms with Gasteiger partial charge < -0.3 is 0 Å². The molecule has 0 N–H and O–H groups in total. The van der Waals surface area contributed by atoms with Crippen LogP contribution in [0.1, 0.15) is 60.8 Å². The molecule has 2 atom stereocenters. The zero-order chi connectivity index (χ0) is 17.0. The quantitative estimate of drug-likeness (QED) is 0.568. The molecule has 0 aromatic heterocycles. The number of dihydropyridines is 1. The lowest BCUT2D eigenvalue weighted by Crippen LogP contribution is -2.29. The first kappa shape index (κ1) is 18.3. The molecule has 0 radical (unpaired) electrons. The molecule has 2 aliphatic rings. The third-order valence-corrected chi connectivity index (χ3v) is 5.53. The molecule has 3 heteroatoms. The van der Waals surface area contributed by atoms with Crippen LogP contribution in [0.25, 0.3) is 0 Å². The maximum Gasteiger partial charge on any atom is 0.0797 e. The fourth-order valence-electron chi connectivity index (χ4n) is 2.85. The van der Waals surface area contributed by atoms with Crippen LogP contribution >= 0.6 is 11.8 Å². The second kappa shape index (κ2) is 7.65. The van der Waals surface area contributed by atoms with Crippen molar-refractivity contribution in [2.45, 2.75) is 72.4 Å². The van der Waals surface area contributed by atoms with Crippen molar-refractivity contribution in [1.82, 2.24) is 0 Å². The van der Waals surface area contributed by atoms with Crippen LogP contribution in [-0.2, 0) is 0 Å². The van der Waals surface area contributed by atoms with Crippen molar-refractivity contribution in [3.63, 3.8) is 0 Å². The first-order chi connectivity index (χ1) is 11.0. The summed E-state index contributed by atoms with van der Waals surface area (Å²) in [6.45, 7) is 13.3. The topological polar surface area (TPSA) is 24.7 Å². The maximum atomic E-state index is 5.11. The summed E-state index contributed by atoms with van der Waals surface area (Å²) in [6, 6.07) is 0.364. The number of hydrogen-bond donors (Lipinski definition) is 0. The molecular formula is C20H30N2S. The van der Waals surface area contributed by atoms with Gasteiger partial charge in [-0.1, -0.05) is 33.8 Å². The fourth-order valence-corrected chi connectivity index (χ4v) is 3.66. The van der Waals surface area contributed by atoms with Gasteiger partial charge in [0.15, 0.2) is 0 Å². The minimum atomic E-state index is -0.0727. The van der Waals surface area contributed by atoms with Crippen molar-refractivity contribution in [3.8, 4) is 0 Å². The van der Waals surface area contributed by atoms with Crippen molar-refractivity contribution in [2.75, 3.05) is 5.75 Å². The van der Waals surface area contributed by atoms with E-state index < -0.39 is 0 Å². The number of aliphatic imine (C=N–C) groups is 2. The number of fused-ring (bicyclic) bond motifs is 1. The molecule has 0 spiro atoms. The van der Waals surface area contributed by atoms with E-state index in [4.69, 9.17) is 9.98 Å². The number of hydrogen-bond acceptors (Lipinski definition) is 3. The highest BCUT2D eigenvalue weighted by Crippen LogP contribution is 2.37. The molecule has 0 aromatic carbocycles. The highest BCUT2D eigenvalue weighted by atomic mass is 32.2. The van der Waals surface area contributed by atoms with Gasteiger partial charge in [0.25, 0.3) is 0 Å². The Balaban J connectivity index is 2.54. The van der Waals surface area contributed by atoms with Gasteiger partial charge in [-0.25, -0.2) is 0 Å². The third kappa shape index (κ3) is 4.06. The van der Waals surface area contributed by atoms with Gasteiger partial charge in [-0.15, -0.1) is 11.8 Å². The van der Waals surface area contributed by atoms with Crippen LogP contribution in [0.4, 0.5) is 0 Å². The van der Waals surface area contributed by atoms with Gasteiger partial charge in [-0.3, -0.25) is 9.98 Å². The summed E-state index contributed by atoms with van der Waals surface area (Å²) in [5, 5.41) is 0. The molecule has 2 rings (SSSR count). The van der Waals surface area contributed by atoms with Crippen LogP contribution in [0.5, 0.6) is 0 Å². The van der Waals surface area contributed by atoms with E-state index in [1.807, 2.05) is 11.8 Å². The Bertz CT molecular complexity index is 607. The second-order valence-corrected chi connectivity index (χ2v) is 7.81. The van der Waals surface area contributed by atoms with Gasteiger partial charge in [-0.05, 0) is 56.6 Å². The summed E-state index contributed by atoms with van der Waals surface area (Å²) in [7, 11) is 0. The highest BCUT2D eigenvalue weighted by molar-refractivity contribution is 8.04. The molecule has 126 valence electrons. The van der Waals surface area contributed by atoms with Crippen molar-refractivity contribution in [2.24, 2.45) is 9.98 Å². The zero-order valence-electron chi connectivity index (χ0n) is 15.4. The molecule has 0 fully saturated rings. The zero-order valence-corrected chi connectivity index (χ0v) is 16.3. The van der Waals surface area contributed by atoms with Gasteiger partial charge in [0.05, 0.1) is 17.0 Å². The summed E-state index contributed by atoms with van der Waals surface area (Å²) in [5.41, 5.74) is 4.92. The highest BCUT2D eigenvalue weighted by Gasteiger charge is 2.31. The molecule has 1 heterocycles. The third-order valence-electron chi connectivity index (χ3n) is 4.61. The number of allylic oxidation sites excluding steroid dienone is 5. The minimum Gasteiger partial charge on any atom is -0.282 e. The van der Waals surface area contributed by atoms with E-state index in [-0.39, 0.29) is 5.54 Å². The van der Waals surface area contributed by atoms with Crippen LogP contribution < -0.4 is 0 Å². The van der Waals surface area contributed by atoms with Crippen molar-refractivity contribution in [1.29, 1.82) is 0 Å². The molecule has 0 bridgehead atoms. The molecule has 1 aliphatic heterocycles. The number of rotatable bonds is 6. The average molecular weight is 331 g/mol. The monoisotopic (exact) mass is 330 g/mol. The number of nitrogens with zero attached hydrogens (tertiary/aromatic N) is 2. The lowest BCUT2D eigenvalue weighted by molar-refractivity contribution is 0.559. The molecule has 23 heavy (non-hydrogen) atoms. The van der Waals surface area contributed by atoms with E-state index in [9.17, 15) is 0 Å². The van der Waals surface area contributed by atoms with Crippen LogP contribution in [0.15, 0.2) is 44.3 Å². The Morgan fingerprint density at radius 2 is 1.96 bits per heavy atom. The van der Waals surface area contributed by atoms with Crippen molar-refractivity contribution >= 4 is 23.2 Å². The molecule has 0 aromatic rings. The first-order valence-corrected chi connectivity index (χ1v) is 9.91. The van der Waals surface area contributed by atoms with Gasteiger partial charge in [0, 0.05) is 16.5 Å². The maximum absolute atomic E-state index is 5.11. The molecule has 2 nitrogen and oxygen atoms in total. The van der Waals surface area contributed by atoms with Crippen molar-refractivity contribution < 1.29 is 0 Å². The standard InChI is InChI=1S/C20H30N2S/c1-7-14(5)21-16-11-17-15(8-2)13-20(6,9-3)22-19(17)18(12-16)23-10-4/h11-14H,7-10H2,1-6H3/t14-,20?/m1/s1. The molecule has 1 unspecified atom stereocenters. The average Bonchev–Trinajstić information content (AvgIpc) is 2.55. The lowest BCUT2D eigenvalue weighted by Gasteiger charge is -2.32. The summed E-state index contributed by atoms with van der Waals surface area (Å²) in [4.78, 5) is 11.3. The van der Waals surface area contributed by atoms with E-state index in [1.165, 1.54) is 21.8 Å². The molecule has 0 saturated heterocycles. The van der Waals surface area contributed by atoms with E-state index in [0.717, 1.165) is 30.7 Å². The van der Waals surface area contributed by atoms with Crippen LogP contribution in [0.3, 0.4) is 0 Å². The predicted molar refractivity (Wildman–Crippen MR) is 106 cm³/mol. The summed E-state index contributed by atoms with van der Waals surface area (Å²) < 4.78 is 0. The van der Waals surface area contributed by atoms with Crippen LogP contribution in [0, 0.1) is 0 Å². The summed E-state index contributed by atoms with van der Waals surface area (Å²) in [6.07, 6.45) is 9.99. The number of thioether (sulfide) groups is 1. The van der Waals surface area contributed by atoms with E-state index in [1.54, 1.807) is 0 Å². The lowest BCUT2D eigenvalue weighted by atomic mass is 9.84. The Morgan fingerprint density at radius 3 is 2.52 bits per heavy atom. The molecule has 0 amide bonds. The SMILES string of the molecule is CCSC1=CC(=N[C@H](C)CC)C=C2C(CC)=CC(C)(CC)N=C12. The van der Waals surface area contributed by atoms with E-state index >= 15 is 0 Å². The Morgan fingerprint density at radius 1 is 1.22 bits per heavy atom. The summed E-state index contributed by atoms with van der Waals surface area (Å²) in [5.74, 6) is 1.06. The predicted octanol–water partition coefficient (Wildman–Crippen LogP) is 5.76. The Kier molecular flexibility index (Phi) is 6.07. The van der Waals surface area contributed by atoms with E-state index in [0.29, 0.717) is 6.04 Å². The fraction of sp³-hybridized carbons (Fsp3) is 0.600. The molecule has 0 saturated carbocycles. The Hall–Kier alpha value is -1.09. The van der Waals surface area contributed by atoms with Crippen molar-refractivity contribution in [3.05, 3.63) is 34.3 Å². The first-order valence-electron chi connectivity index (χ1n) is 8.93. The summed E-state index contributed by atoms with van der Waals surface area (Å²) >= 11 is 1.88. The Labute approximate surface area is 146 Å². The van der Waals surface area contributed by atoms with Crippen LogP contribution in [0.2, 0.25) is 0 Å². The molecular weight excluding hydrogens is 300 g/mol. The van der Waals surface area contributed by atoms with Gasteiger partial charge in [0.2, 0.25) is 0 Å². The van der Waals surface area contributed by atoms with Gasteiger partial charge in [-0.2, -0.15) is 0 Å². The minimum absolute atomic E-state index is 0.0727. The van der Waals surface area contributed by atoms with Crippen LogP contribution in [-0.4, -0.2) is 28.8 Å². The molecule has 1 aliphatic carbocycles. The second-order valence-electron chi connectivity index (χ2n) is 6.51. The van der Waals surface area contributed by atoms with Gasteiger partial charge >= 0.3 is 0 Å². The largest absolute Gasteiger partial charge is 0.282 e. The van der Waals surface area contributed by atoms with E-state index in [2.05, 4.69) is 59.8 Å². The normalized spacial score (nSPS) is 27.0. The van der Waals surface area contributed by atoms with Gasteiger partial charge in [0.1, 0.15) is 0 Å².